The van der Waals surface area contributed by atoms with E-state index in [-0.39, 0.29) is 17.4 Å². The molecule has 142 valence electrons. The van der Waals surface area contributed by atoms with E-state index >= 15 is 0 Å². The molecule has 1 N–H and O–H groups in total. The molecule has 3 atom stereocenters. The first-order valence-corrected chi connectivity index (χ1v) is 10.6. The highest BCUT2D eigenvalue weighted by Gasteiger charge is 2.55. The predicted molar refractivity (Wildman–Crippen MR) is 107 cm³/mol. The van der Waals surface area contributed by atoms with Crippen molar-refractivity contribution in [1.82, 2.24) is 20.1 Å². The summed E-state index contributed by atoms with van der Waals surface area (Å²) in [5.41, 5.74) is 2.16. The number of rotatable bonds is 3. The third-order valence-electron chi connectivity index (χ3n) is 6.54. The van der Waals surface area contributed by atoms with Crippen molar-refractivity contribution >= 4 is 17.2 Å². The van der Waals surface area contributed by atoms with Crippen molar-refractivity contribution in [3.8, 4) is 0 Å². The van der Waals surface area contributed by atoms with Gasteiger partial charge in [0.2, 0.25) is 0 Å². The number of aryl methyl sites for hydroxylation is 2. The Bertz CT molecular complexity index is 848. The first-order chi connectivity index (χ1) is 13.0. The molecule has 1 aromatic carbocycles. The van der Waals surface area contributed by atoms with Gasteiger partial charge in [-0.05, 0) is 19.4 Å². The van der Waals surface area contributed by atoms with E-state index < -0.39 is 0 Å². The van der Waals surface area contributed by atoms with Gasteiger partial charge in [0.05, 0.1) is 10.7 Å². The lowest BCUT2D eigenvalue weighted by molar-refractivity contribution is 0.0181. The first-order valence-electron chi connectivity index (χ1n) is 9.80. The molecule has 2 unspecified atom stereocenters. The number of thiazole rings is 1. The van der Waals surface area contributed by atoms with Crippen molar-refractivity contribution in [3.05, 3.63) is 51.5 Å². The number of hydrogen-bond acceptors (Lipinski definition) is 5. The molecule has 0 aliphatic carbocycles. The van der Waals surface area contributed by atoms with E-state index in [9.17, 15) is 4.79 Å². The summed E-state index contributed by atoms with van der Waals surface area (Å²) in [6, 6.07) is 11.0. The number of carbonyl (C=O) groups excluding carboxylic acids is 1. The lowest BCUT2D eigenvalue weighted by Gasteiger charge is -2.55. The second kappa shape index (κ2) is 6.40. The zero-order valence-electron chi connectivity index (χ0n) is 15.9. The molecule has 1 aromatic heterocycles. The topological polar surface area (TPSA) is 48.5 Å². The molecular weight excluding hydrogens is 356 g/mol. The summed E-state index contributed by atoms with van der Waals surface area (Å²) in [7, 11) is 0. The van der Waals surface area contributed by atoms with Gasteiger partial charge in [-0.25, -0.2) is 4.98 Å². The Labute approximate surface area is 164 Å². The van der Waals surface area contributed by atoms with Gasteiger partial charge in [-0.1, -0.05) is 30.3 Å². The number of benzene rings is 1. The van der Waals surface area contributed by atoms with E-state index in [1.54, 1.807) is 0 Å². The maximum atomic E-state index is 13.2. The number of fused-ring (bicyclic) bond motifs is 1. The summed E-state index contributed by atoms with van der Waals surface area (Å²) in [5.74, 6) is 0.517. The molecule has 4 bridgehead atoms. The molecule has 0 spiro atoms. The number of nitrogens with zero attached hydrogens (tertiary/aromatic N) is 3. The molecule has 5 nitrogen and oxygen atoms in total. The molecule has 4 saturated heterocycles. The zero-order chi connectivity index (χ0) is 18.6. The van der Waals surface area contributed by atoms with Crippen LogP contribution in [-0.4, -0.2) is 66.0 Å². The first kappa shape index (κ1) is 17.3. The van der Waals surface area contributed by atoms with Crippen LogP contribution in [0.1, 0.15) is 25.9 Å². The average Bonchev–Trinajstić information content (AvgIpc) is 2.82. The van der Waals surface area contributed by atoms with Crippen molar-refractivity contribution in [1.29, 1.82) is 0 Å². The van der Waals surface area contributed by atoms with E-state index in [2.05, 4.69) is 50.4 Å². The minimum atomic E-state index is -0.0395. The fourth-order valence-corrected chi connectivity index (χ4v) is 6.34. The van der Waals surface area contributed by atoms with Crippen LogP contribution in [0.25, 0.3) is 0 Å². The summed E-state index contributed by atoms with van der Waals surface area (Å²) in [6.45, 7) is 10.4. The predicted octanol–water partition coefficient (Wildman–Crippen LogP) is 2.06. The lowest BCUT2D eigenvalue weighted by Crippen LogP contribution is -2.70. The number of amides is 1. The smallest absolute Gasteiger partial charge is 0.263 e. The molecule has 4 aliphatic rings. The largest absolute Gasteiger partial charge is 0.347 e. The van der Waals surface area contributed by atoms with Crippen molar-refractivity contribution in [2.75, 3.05) is 39.3 Å². The molecule has 1 amide bonds. The van der Waals surface area contributed by atoms with Crippen molar-refractivity contribution in [3.63, 3.8) is 0 Å². The van der Waals surface area contributed by atoms with Gasteiger partial charge in [0.15, 0.2) is 0 Å². The molecule has 2 aromatic rings. The van der Waals surface area contributed by atoms with Crippen LogP contribution in [0.4, 0.5) is 0 Å². The van der Waals surface area contributed by atoms with Gasteiger partial charge in [0.25, 0.3) is 5.91 Å². The normalized spacial score (nSPS) is 34.4. The molecule has 5 heterocycles. The number of aromatic nitrogens is 1. The van der Waals surface area contributed by atoms with Gasteiger partial charge in [0, 0.05) is 56.6 Å². The molecular formula is C21H26N4OS. The van der Waals surface area contributed by atoms with E-state index in [1.165, 1.54) is 16.9 Å². The fourth-order valence-electron chi connectivity index (χ4n) is 5.52. The van der Waals surface area contributed by atoms with E-state index in [1.807, 2.05) is 13.8 Å². The fraction of sp³-hybridized carbons (Fsp3) is 0.524. The van der Waals surface area contributed by atoms with Crippen molar-refractivity contribution in [2.45, 2.75) is 25.3 Å². The van der Waals surface area contributed by atoms with E-state index in [4.69, 9.17) is 0 Å². The van der Waals surface area contributed by atoms with Crippen LogP contribution in [0.3, 0.4) is 0 Å². The molecule has 4 fully saturated rings. The highest BCUT2D eigenvalue weighted by molar-refractivity contribution is 7.13. The van der Waals surface area contributed by atoms with Gasteiger partial charge in [0.1, 0.15) is 4.88 Å². The number of hydrogen-bond donors (Lipinski definition) is 1. The van der Waals surface area contributed by atoms with Crippen molar-refractivity contribution < 1.29 is 4.79 Å². The Morgan fingerprint density at radius 2 is 1.81 bits per heavy atom. The Balaban J connectivity index is 1.53. The Kier molecular flexibility index (Phi) is 4.11. The number of nitrogens with one attached hydrogen (secondary N) is 1. The molecule has 4 aliphatic heterocycles. The van der Waals surface area contributed by atoms with Gasteiger partial charge >= 0.3 is 0 Å². The van der Waals surface area contributed by atoms with Crippen LogP contribution < -0.4 is 5.32 Å². The summed E-state index contributed by atoms with van der Waals surface area (Å²) >= 11 is 1.50. The Morgan fingerprint density at radius 1 is 1.15 bits per heavy atom. The zero-order valence-corrected chi connectivity index (χ0v) is 16.8. The van der Waals surface area contributed by atoms with Gasteiger partial charge < -0.3 is 15.1 Å². The van der Waals surface area contributed by atoms with Gasteiger partial charge in [-0.2, -0.15) is 0 Å². The average molecular weight is 383 g/mol. The standard InChI is InChI=1S/C21H26N4OS/c1-14-18(27-15(2)22-14)20(26)23-19-16-10-24-8-9-25(11-16)13-21(19,12-24)17-6-4-3-5-7-17/h3-7,16,19H,8-13H2,1-2H3,(H,23,26)/t16?,19-,21?/m0/s1. The van der Waals surface area contributed by atoms with Crippen molar-refractivity contribution in [2.24, 2.45) is 5.92 Å². The quantitative estimate of drug-likeness (QED) is 0.883. The maximum absolute atomic E-state index is 13.2. The van der Waals surface area contributed by atoms with Crippen LogP contribution in [0.5, 0.6) is 0 Å². The molecule has 0 saturated carbocycles. The minimum Gasteiger partial charge on any atom is -0.347 e. The second-order valence-corrected chi connectivity index (χ2v) is 9.55. The summed E-state index contributed by atoms with van der Waals surface area (Å²) < 4.78 is 0. The summed E-state index contributed by atoms with van der Waals surface area (Å²) in [5, 5.41) is 4.43. The third kappa shape index (κ3) is 2.82. The molecule has 6 rings (SSSR count). The van der Waals surface area contributed by atoms with Crippen LogP contribution in [-0.2, 0) is 5.41 Å². The van der Waals surface area contributed by atoms with Crippen LogP contribution >= 0.6 is 11.3 Å². The van der Waals surface area contributed by atoms with Crippen LogP contribution in [0.15, 0.2) is 30.3 Å². The van der Waals surface area contributed by atoms with Crippen LogP contribution in [0.2, 0.25) is 0 Å². The van der Waals surface area contributed by atoms with Gasteiger partial charge in [-0.3, -0.25) is 4.79 Å². The molecule has 6 heteroatoms. The highest BCUT2D eigenvalue weighted by atomic mass is 32.1. The number of piperidine rings is 2. The summed E-state index contributed by atoms with van der Waals surface area (Å²) in [6.07, 6.45) is 0. The third-order valence-corrected chi connectivity index (χ3v) is 7.61. The Morgan fingerprint density at radius 3 is 2.41 bits per heavy atom. The molecule has 27 heavy (non-hydrogen) atoms. The van der Waals surface area contributed by atoms with Crippen LogP contribution in [0, 0.1) is 19.8 Å². The maximum Gasteiger partial charge on any atom is 0.263 e. The SMILES string of the molecule is Cc1nc(C)c(C(=O)N[C@H]2C3CN4CCN(C3)CC2(c2ccccc2)C4)s1. The second-order valence-electron chi connectivity index (χ2n) is 8.35. The van der Waals surface area contributed by atoms with E-state index in [0.29, 0.717) is 5.92 Å². The van der Waals surface area contributed by atoms with E-state index in [0.717, 1.165) is 54.8 Å². The van der Waals surface area contributed by atoms with Gasteiger partial charge in [-0.15, -0.1) is 11.3 Å². The Hall–Kier alpha value is -1.76. The lowest BCUT2D eigenvalue weighted by atomic mass is 9.64. The minimum absolute atomic E-state index is 0.0395. The number of carbonyl (C=O) groups is 1. The summed E-state index contributed by atoms with van der Waals surface area (Å²) in [4.78, 5) is 23.6. The monoisotopic (exact) mass is 382 g/mol. The highest BCUT2D eigenvalue weighted by Crippen LogP contribution is 2.43. The molecule has 0 radical (unpaired) electrons.